The lowest BCUT2D eigenvalue weighted by Gasteiger charge is -2.28. The van der Waals surface area contributed by atoms with Crippen LogP contribution in [0.25, 0.3) is 0 Å². The molecule has 8 heteroatoms. The lowest BCUT2D eigenvalue weighted by atomic mass is 10.2. The summed E-state index contributed by atoms with van der Waals surface area (Å²) < 4.78 is 37.3. The SMILES string of the molecule is CC[C@@H](C(=O)O)N(c1ccc(F)c(Cl)c1)S(C)(=O)=O. The zero-order valence-corrected chi connectivity index (χ0v) is 11.9. The third-order valence-corrected chi connectivity index (χ3v) is 3.94. The van der Waals surface area contributed by atoms with E-state index in [0.29, 0.717) is 0 Å². The normalized spacial score (nSPS) is 13.1. The van der Waals surface area contributed by atoms with E-state index in [4.69, 9.17) is 16.7 Å². The smallest absolute Gasteiger partial charge is 0.327 e. The van der Waals surface area contributed by atoms with Gasteiger partial charge in [0.25, 0.3) is 0 Å². The molecule has 0 radical (unpaired) electrons. The molecule has 0 saturated heterocycles. The second kappa shape index (κ2) is 5.75. The molecule has 1 rings (SSSR count). The van der Waals surface area contributed by atoms with Crippen molar-refractivity contribution < 1.29 is 22.7 Å². The van der Waals surface area contributed by atoms with Crippen LogP contribution in [0.1, 0.15) is 13.3 Å². The van der Waals surface area contributed by atoms with Crippen LogP contribution in [0.15, 0.2) is 18.2 Å². The Balaban J connectivity index is 3.40. The summed E-state index contributed by atoms with van der Waals surface area (Å²) in [5.74, 6) is -1.99. The molecule has 0 amide bonds. The Morgan fingerprint density at radius 2 is 2.11 bits per heavy atom. The van der Waals surface area contributed by atoms with E-state index >= 15 is 0 Å². The molecule has 0 spiro atoms. The largest absolute Gasteiger partial charge is 0.480 e. The summed E-state index contributed by atoms with van der Waals surface area (Å²) in [6, 6.07) is 1.98. The first-order chi connectivity index (χ1) is 8.68. The Morgan fingerprint density at radius 1 is 1.53 bits per heavy atom. The molecular formula is C11H13ClFNO4S. The zero-order chi connectivity index (χ0) is 14.8. The van der Waals surface area contributed by atoms with Gasteiger partial charge >= 0.3 is 5.97 Å². The van der Waals surface area contributed by atoms with Crippen molar-refractivity contribution in [1.29, 1.82) is 0 Å². The van der Waals surface area contributed by atoms with Crippen LogP contribution in [0.5, 0.6) is 0 Å². The van der Waals surface area contributed by atoms with Gasteiger partial charge in [0.15, 0.2) is 0 Å². The van der Waals surface area contributed by atoms with Crippen molar-refractivity contribution in [3.05, 3.63) is 29.0 Å². The molecule has 0 heterocycles. The van der Waals surface area contributed by atoms with Crippen LogP contribution in [0.3, 0.4) is 0 Å². The van der Waals surface area contributed by atoms with Crippen molar-refractivity contribution in [3.8, 4) is 0 Å². The molecule has 5 nitrogen and oxygen atoms in total. The predicted molar refractivity (Wildman–Crippen MR) is 70.4 cm³/mol. The van der Waals surface area contributed by atoms with Crippen LogP contribution < -0.4 is 4.31 Å². The van der Waals surface area contributed by atoms with Crippen LogP contribution in [0, 0.1) is 5.82 Å². The van der Waals surface area contributed by atoms with Gasteiger partial charge < -0.3 is 5.11 Å². The first-order valence-corrected chi connectivity index (χ1v) is 7.58. The van der Waals surface area contributed by atoms with Gasteiger partial charge in [-0.25, -0.2) is 17.6 Å². The summed E-state index contributed by atoms with van der Waals surface area (Å²) in [5, 5.41) is 8.81. The van der Waals surface area contributed by atoms with Crippen LogP contribution in [0.2, 0.25) is 5.02 Å². The molecular weight excluding hydrogens is 297 g/mol. The standard InChI is InChI=1S/C11H13ClFNO4S/c1-3-10(11(15)16)14(19(2,17)18)7-4-5-9(13)8(12)6-7/h4-6,10H,3H2,1-2H3,(H,15,16)/t10-/m0/s1. The molecule has 0 fully saturated rings. The topological polar surface area (TPSA) is 74.7 Å². The first-order valence-electron chi connectivity index (χ1n) is 5.35. The van der Waals surface area contributed by atoms with Gasteiger partial charge in [-0.05, 0) is 24.6 Å². The van der Waals surface area contributed by atoms with Crippen molar-refractivity contribution in [2.24, 2.45) is 0 Å². The highest BCUT2D eigenvalue weighted by Crippen LogP contribution is 2.27. The maximum absolute atomic E-state index is 13.1. The van der Waals surface area contributed by atoms with Gasteiger partial charge in [0.1, 0.15) is 11.9 Å². The third-order valence-electron chi connectivity index (χ3n) is 2.47. The maximum atomic E-state index is 13.1. The second-order valence-electron chi connectivity index (χ2n) is 3.92. The number of hydrogen-bond acceptors (Lipinski definition) is 3. The number of sulfonamides is 1. The number of rotatable bonds is 5. The number of carboxylic acid groups (broad SMARTS) is 1. The number of carbonyl (C=O) groups is 1. The lowest BCUT2D eigenvalue weighted by Crippen LogP contribution is -2.44. The molecule has 0 aliphatic rings. The Hall–Kier alpha value is -1.34. The summed E-state index contributed by atoms with van der Waals surface area (Å²) in [6.07, 6.45) is 0.952. The lowest BCUT2D eigenvalue weighted by molar-refractivity contribution is -0.138. The molecule has 106 valence electrons. The van der Waals surface area contributed by atoms with Crippen molar-refractivity contribution in [2.45, 2.75) is 19.4 Å². The number of nitrogens with zero attached hydrogens (tertiary/aromatic N) is 1. The number of hydrogen-bond donors (Lipinski definition) is 1. The molecule has 1 N–H and O–H groups in total. The summed E-state index contributed by atoms with van der Waals surface area (Å²) in [4.78, 5) is 11.1. The van der Waals surface area contributed by atoms with E-state index in [1.54, 1.807) is 6.92 Å². The first kappa shape index (κ1) is 15.7. The molecule has 0 aromatic heterocycles. The Bertz CT molecular complexity index is 590. The number of aliphatic carboxylic acids is 1. The van der Waals surface area contributed by atoms with E-state index in [1.807, 2.05) is 0 Å². The molecule has 19 heavy (non-hydrogen) atoms. The number of anilines is 1. The van der Waals surface area contributed by atoms with E-state index in [1.165, 1.54) is 6.07 Å². The van der Waals surface area contributed by atoms with Gasteiger partial charge in [0, 0.05) is 0 Å². The summed E-state index contributed by atoms with van der Waals surface area (Å²) in [7, 11) is -3.83. The number of benzene rings is 1. The van der Waals surface area contributed by atoms with E-state index in [0.717, 1.165) is 22.7 Å². The molecule has 0 unspecified atom stereocenters. The molecule has 1 aromatic rings. The van der Waals surface area contributed by atoms with Crippen molar-refractivity contribution >= 4 is 33.3 Å². The fraction of sp³-hybridized carbons (Fsp3) is 0.364. The third kappa shape index (κ3) is 3.57. The Morgan fingerprint density at radius 3 is 2.47 bits per heavy atom. The van der Waals surface area contributed by atoms with Gasteiger partial charge in [0.05, 0.1) is 17.0 Å². The molecule has 1 atom stereocenters. The van der Waals surface area contributed by atoms with Crippen molar-refractivity contribution in [3.63, 3.8) is 0 Å². The second-order valence-corrected chi connectivity index (χ2v) is 6.19. The Labute approximate surface area is 115 Å². The Kier molecular flexibility index (Phi) is 4.75. The fourth-order valence-corrected chi connectivity index (χ4v) is 3.04. The zero-order valence-electron chi connectivity index (χ0n) is 10.3. The highest BCUT2D eigenvalue weighted by Gasteiger charge is 2.31. The van der Waals surface area contributed by atoms with Crippen LogP contribution >= 0.6 is 11.6 Å². The van der Waals surface area contributed by atoms with Gasteiger partial charge in [-0.15, -0.1) is 0 Å². The van der Waals surface area contributed by atoms with Gasteiger partial charge in [-0.3, -0.25) is 4.31 Å². The quantitative estimate of drug-likeness (QED) is 0.904. The fourth-order valence-electron chi connectivity index (χ4n) is 1.67. The molecule has 1 aromatic carbocycles. The van der Waals surface area contributed by atoms with Gasteiger partial charge in [0.2, 0.25) is 10.0 Å². The molecule has 0 bridgehead atoms. The van der Waals surface area contributed by atoms with E-state index in [2.05, 4.69) is 0 Å². The summed E-state index contributed by atoms with van der Waals surface area (Å²) in [6.45, 7) is 1.54. The van der Waals surface area contributed by atoms with Crippen molar-refractivity contribution in [2.75, 3.05) is 10.6 Å². The van der Waals surface area contributed by atoms with Gasteiger partial charge in [-0.2, -0.15) is 0 Å². The average Bonchev–Trinajstić information content (AvgIpc) is 2.27. The highest BCUT2D eigenvalue weighted by atomic mass is 35.5. The van der Waals surface area contributed by atoms with Crippen molar-refractivity contribution in [1.82, 2.24) is 0 Å². The number of halogens is 2. The number of carboxylic acids is 1. The maximum Gasteiger partial charge on any atom is 0.327 e. The summed E-state index contributed by atoms with van der Waals surface area (Å²) >= 11 is 5.59. The monoisotopic (exact) mass is 309 g/mol. The predicted octanol–water partition coefficient (Wildman–Crippen LogP) is 2.11. The average molecular weight is 310 g/mol. The molecule has 0 aliphatic heterocycles. The van der Waals surface area contributed by atoms with Crippen LogP contribution in [-0.2, 0) is 14.8 Å². The molecule has 0 saturated carbocycles. The van der Waals surface area contributed by atoms with Crippen LogP contribution in [0.4, 0.5) is 10.1 Å². The summed E-state index contributed by atoms with van der Waals surface area (Å²) in [5.41, 5.74) is 0.0168. The highest BCUT2D eigenvalue weighted by molar-refractivity contribution is 7.92. The van der Waals surface area contributed by atoms with Gasteiger partial charge in [-0.1, -0.05) is 18.5 Å². The minimum atomic E-state index is -3.83. The molecule has 0 aliphatic carbocycles. The van der Waals surface area contributed by atoms with E-state index in [9.17, 15) is 17.6 Å². The van der Waals surface area contributed by atoms with E-state index < -0.39 is 27.9 Å². The van der Waals surface area contributed by atoms with Crippen LogP contribution in [-0.4, -0.2) is 31.8 Å². The minimum Gasteiger partial charge on any atom is -0.480 e. The minimum absolute atomic E-state index is 0.0168. The van der Waals surface area contributed by atoms with E-state index in [-0.39, 0.29) is 17.1 Å².